The summed E-state index contributed by atoms with van der Waals surface area (Å²) in [5, 5.41) is 0. The van der Waals surface area contributed by atoms with E-state index >= 15 is 0 Å². The Hall–Kier alpha value is -3.41. The van der Waals surface area contributed by atoms with Crippen LogP contribution in [0.2, 0.25) is 0 Å². The van der Waals surface area contributed by atoms with E-state index in [1.54, 1.807) is 0 Å². The summed E-state index contributed by atoms with van der Waals surface area (Å²) in [7, 11) is 0. The highest BCUT2D eigenvalue weighted by atomic mass is 16.6. The number of unbranched alkanes of at least 4 members (excludes halogenated alkanes) is 32. The highest BCUT2D eigenvalue weighted by molar-refractivity contribution is 5.71. The second kappa shape index (κ2) is 62.1. The van der Waals surface area contributed by atoms with Gasteiger partial charge in [0.2, 0.25) is 0 Å². The first kappa shape index (κ1) is 70.6. The Bertz CT molecular complexity index is 1420. The van der Waals surface area contributed by atoms with Crippen molar-refractivity contribution in [3.63, 3.8) is 0 Å². The molecule has 6 heteroatoms. The van der Waals surface area contributed by atoms with Gasteiger partial charge in [0, 0.05) is 19.3 Å². The number of hydrogen-bond donors (Lipinski definition) is 0. The number of ether oxygens (including phenoxy) is 3. The summed E-state index contributed by atoms with van der Waals surface area (Å²) in [5.74, 6) is -0.909. The van der Waals surface area contributed by atoms with Crippen molar-refractivity contribution in [1.29, 1.82) is 0 Å². The largest absolute Gasteiger partial charge is 0.462 e. The van der Waals surface area contributed by atoms with Gasteiger partial charge in [0.1, 0.15) is 13.2 Å². The van der Waals surface area contributed by atoms with Crippen LogP contribution in [0.5, 0.6) is 0 Å². The first-order valence-corrected chi connectivity index (χ1v) is 31.6. The average Bonchev–Trinajstić information content (AvgIpc) is 3.40. The fourth-order valence-electron chi connectivity index (χ4n) is 8.86. The fourth-order valence-corrected chi connectivity index (χ4v) is 8.86. The standard InChI is InChI=1S/C68H118O6/c1-4-7-10-13-16-19-22-25-28-29-30-31-32-33-34-35-36-37-38-39-41-43-46-49-52-55-58-61-67(70)73-64-65(63-72-66(69)60-57-54-51-48-45-42-27-24-21-18-15-12-9-6-3)74-68(71)62-59-56-53-50-47-44-40-26-23-20-17-14-11-8-5-2/h8,11,15,17-18,20,22,24-27,29-30,40,65H,4-7,9-10,12-14,16,19,21,23,28,31-39,41-64H2,1-3H3/b11-8-,18-15-,20-17-,25-22-,27-24-,30-29-,40-26-. The Morgan fingerprint density at radius 3 is 0.865 bits per heavy atom. The van der Waals surface area contributed by atoms with E-state index in [2.05, 4.69) is 106 Å². The van der Waals surface area contributed by atoms with Crippen LogP contribution in [-0.4, -0.2) is 37.2 Å². The number of allylic oxidation sites excluding steroid dienone is 14. The van der Waals surface area contributed by atoms with Gasteiger partial charge in [-0.15, -0.1) is 0 Å². The van der Waals surface area contributed by atoms with Crippen LogP contribution >= 0.6 is 0 Å². The third-order valence-corrected chi connectivity index (χ3v) is 13.6. The van der Waals surface area contributed by atoms with Crippen LogP contribution in [0.4, 0.5) is 0 Å². The number of carbonyl (C=O) groups is 3. The number of carbonyl (C=O) groups excluding carboxylic acids is 3. The molecule has 0 aromatic heterocycles. The van der Waals surface area contributed by atoms with Crippen LogP contribution in [0.1, 0.15) is 310 Å². The van der Waals surface area contributed by atoms with Gasteiger partial charge in [-0.2, -0.15) is 0 Å². The Balaban J connectivity index is 4.27. The van der Waals surface area contributed by atoms with Crippen molar-refractivity contribution in [2.24, 2.45) is 0 Å². The van der Waals surface area contributed by atoms with E-state index in [1.807, 2.05) is 0 Å². The average molecular weight is 1030 g/mol. The van der Waals surface area contributed by atoms with Crippen molar-refractivity contribution < 1.29 is 28.6 Å². The maximum Gasteiger partial charge on any atom is 0.306 e. The third-order valence-electron chi connectivity index (χ3n) is 13.6. The van der Waals surface area contributed by atoms with Gasteiger partial charge in [-0.25, -0.2) is 0 Å². The summed E-state index contributed by atoms with van der Waals surface area (Å²) in [6, 6.07) is 0. The zero-order chi connectivity index (χ0) is 53.6. The molecule has 74 heavy (non-hydrogen) atoms. The van der Waals surface area contributed by atoms with Gasteiger partial charge in [0.15, 0.2) is 6.10 Å². The van der Waals surface area contributed by atoms with Crippen LogP contribution in [0.25, 0.3) is 0 Å². The summed E-state index contributed by atoms with van der Waals surface area (Å²) in [4.78, 5) is 38.2. The molecule has 0 aliphatic rings. The lowest BCUT2D eigenvalue weighted by atomic mass is 10.0. The summed E-state index contributed by atoms with van der Waals surface area (Å²) in [6.45, 7) is 6.48. The highest BCUT2D eigenvalue weighted by Gasteiger charge is 2.19. The van der Waals surface area contributed by atoms with Gasteiger partial charge >= 0.3 is 17.9 Å². The van der Waals surface area contributed by atoms with E-state index in [4.69, 9.17) is 14.2 Å². The Morgan fingerprint density at radius 1 is 0.284 bits per heavy atom. The van der Waals surface area contributed by atoms with Gasteiger partial charge in [-0.1, -0.05) is 266 Å². The first-order chi connectivity index (χ1) is 36.5. The maximum atomic E-state index is 12.9. The first-order valence-electron chi connectivity index (χ1n) is 31.6. The van der Waals surface area contributed by atoms with E-state index in [1.165, 1.54) is 141 Å². The minimum absolute atomic E-state index is 0.0870. The molecule has 0 saturated heterocycles. The third kappa shape index (κ3) is 59.5. The molecule has 0 spiro atoms. The molecule has 0 amide bonds. The molecular weight excluding hydrogens is 913 g/mol. The molecule has 0 bridgehead atoms. The van der Waals surface area contributed by atoms with E-state index in [-0.39, 0.29) is 31.1 Å². The van der Waals surface area contributed by atoms with Gasteiger partial charge in [0.05, 0.1) is 0 Å². The molecule has 0 aromatic carbocycles. The van der Waals surface area contributed by atoms with Crippen molar-refractivity contribution in [2.75, 3.05) is 13.2 Å². The second-order valence-electron chi connectivity index (χ2n) is 20.9. The molecule has 0 rings (SSSR count). The van der Waals surface area contributed by atoms with Crippen LogP contribution in [0.15, 0.2) is 85.1 Å². The number of esters is 3. The molecule has 0 saturated carbocycles. The van der Waals surface area contributed by atoms with Crippen LogP contribution < -0.4 is 0 Å². The molecule has 0 aromatic rings. The normalized spacial score (nSPS) is 12.6. The van der Waals surface area contributed by atoms with Crippen LogP contribution in [0, 0.1) is 0 Å². The Kier molecular flexibility index (Phi) is 59.3. The maximum absolute atomic E-state index is 12.9. The van der Waals surface area contributed by atoms with E-state index < -0.39 is 6.10 Å². The molecule has 1 unspecified atom stereocenters. The van der Waals surface area contributed by atoms with E-state index in [0.29, 0.717) is 19.3 Å². The summed E-state index contributed by atoms with van der Waals surface area (Å²) in [6.07, 6.45) is 81.6. The van der Waals surface area contributed by atoms with Gasteiger partial charge in [0.25, 0.3) is 0 Å². The zero-order valence-corrected chi connectivity index (χ0v) is 48.8. The molecule has 0 aliphatic carbocycles. The Labute approximate surface area is 458 Å². The van der Waals surface area contributed by atoms with E-state index in [0.717, 1.165) is 128 Å². The van der Waals surface area contributed by atoms with Gasteiger partial charge < -0.3 is 14.2 Å². The van der Waals surface area contributed by atoms with Gasteiger partial charge in [-0.05, 0) is 109 Å². The molecule has 426 valence electrons. The lowest BCUT2D eigenvalue weighted by molar-refractivity contribution is -0.167. The minimum Gasteiger partial charge on any atom is -0.462 e. The van der Waals surface area contributed by atoms with Crippen LogP contribution in [-0.2, 0) is 28.6 Å². The monoisotopic (exact) mass is 1030 g/mol. The minimum atomic E-state index is -0.792. The quantitative estimate of drug-likeness (QED) is 0.0261. The van der Waals surface area contributed by atoms with Crippen molar-refractivity contribution in [3.8, 4) is 0 Å². The summed E-state index contributed by atoms with van der Waals surface area (Å²) >= 11 is 0. The van der Waals surface area contributed by atoms with Crippen LogP contribution in [0.3, 0.4) is 0 Å². The molecule has 0 aliphatic heterocycles. The van der Waals surface area contributed by atoms with Crippen molar-refractivity contribution in [3.05, 3.63) is 85.1 Å². The molecule has 1 atom stereocenters. The second-order valence-corrected chi connectivity index (χ2v) is 20.9. The predicted octanol–water partition coefficient (Wildman–Crippen LogP) is 21.5. The van der Waals surface area contributed by atoms with Crippen molar-refractivity contribution in [1.82, 2.24) is 0 Å². The van der Waals surface area contributed by atoms with Crippen molar-refractivity contribution >= 4 is 17.9 Å². The molecule has 0 N–H and O–H groups in total. The highest BCUT2D eigenvalue weighted by Crippen LogP contribution is 2.16. The fraction of sp³-hybridized carbons (Fsp3) is 0.750. The summed E-state index contributed by atoms with van der Waals surface area (Å²) < 4.78 is 16.9. The molecule has 0 radical (unpaired) electrons. The lowest BCUT2D eigenvalue weighted by Gasteiger charge is -2.18. The van der Waals surface area contributed by atoms with Crippen molar-refractivity contribution in [2.45, 2.75) is 316 Å². The summed E-state index contributed by atoms with van der Waals surface area (Å²) in [5.41, 5.74) is 0. The molecular formula is C68H118O6. The predicted molar refractivity (Wildman–Crippen MR) is 321 cm³/mol. The lowest BCUT2D eigenvalue weighted by Crippen LogP contribution is -2.30. The van der Waals surface area contributed by atoms with Gasteiger partial charge in [-0.3, -0.25) is 14.4 Å². The van der Waals surface area contributed by atoms with E-state index in [9.17, 15) is 14.4 Å². The topological polar surface area (TPSA) is 78.9 Å². The molecule has 0 heterocycles. The SMILES string of the molecule is CC/C=C\C/C=C\C/C=C\CCCCCCCC(=O)OC(COC(=O)CCCCCCC/C=C\C/C=C\CCCC)COC(=O)CCCCCCCCCCCCCCCCC/C=C\C/C=C\CCCCCCC. The molecule has 0 fully saturated rings. The zero-order valence-electron chi connectivity index (χ0n) is 48.8. The smallest absolute Gasteiger partial charge is 0.306 e. The number of hydrogen-bond acceptors (Lipinski definition) is 6. The number of rotatable bonds is 57. The Morgan fingerprint density at radius 2 is 0.541 bits per heavy atom. The molecule has 6 nitrogen and oxygen atoms in total.